The second-order valence-corrected chi connectivity index (χ2v) is 7.47. The molecule has 28 heavy (non-hydrogen) atoms. The van der Waals surface area contributed by atoms with E-state index in [0.717, 1.165) is 37.6 Å². The SMILES string of the molecule is COc1cccc(CN(CCN(Cc2cccc(OC)n2)C(C)C)C(C)C)n1. The van der Waals surface area contributed by atoms with E-state index < -0.39 is 0 Å². The number of pyridine rings is 2. The third kappa shape index (κ3) is 6.77. The van der Waals surface area contributed by atoms with Crippen LogP contribution in [0.4, 0.5) is 0 Å². The van der Waals surface area contributed by atoms with Crippen LogP contribution >= 0.6 is 0 Å². The molecule has 0 spiro atoms. The third-order valence-electron chi connectivity index (χ3n) is 4.85. The first-order chi connectivity index (χ1) is 13.4. The molecule has 0 atom stereocenters. The fourth-order valence-corrected chi connectivity index (χ4v) is 3.03. The van der Waals surface area contributed by atoms with Crippen LogP contribution < -0.4 is 9.47 Å². The number of methoxy groups -OCH3 is 2. The molecule has 6 nitrogen and oxygen atoms in total. The van der Waals surface area contributed by atoms with Gasteiger partial charge in [0.2, 0.25) is 11.8 Å². The van der Waals surface area contributed by atoms with E-state index in [1.807, 2.05) is 24.3 Å². The standard InChI is InChI=1S/C22H34N4O2/c1-17(2)25(15-19-9-7-11-21(23-19)27-5)13-14-26(18(3)4)16-20-10-8-12-22(24-20)28-6/h7-12,17-18H,13-16H2,1-6H3. The van der Waals surface area contributed by atoms with Crippen molar-refractivity contribution in [3.8, 4) is 11.8 Å². The molecule has 0 saturated heterocycles. The highest BCUT2D eigenvalue weighted by molar-refractivity contribution is 5.16. The fraction of sp³-hybridized carbons (Fsp3) is 0.545. The van der Waals surface area contributed by atoms with Gasteiger partial charge in [-0.15, -0.1) is 0 Å². The van der Waals surface area contributed by atoms with Crippen LogP contribution in [0.3, 0.4) is 0 Å². The molecule has 0 N–H and O–H groups in total. The highest BCUT2D eigenvalue weighted by Crippen LogP contribution is 2.14. The molecule has 0 amide bonds. The first-order valence-electron chi connectivity index (χ1n) is 9.91. The smallest absolute Gasteiger partial charge is 0.213 e. The maximum absolute atomic E-state index is 5.26. The second kappa shape index (κ2) is 11.0. The molecule has 2 aromatic heterocycles. The molecule has 0 saturated carbocycles. The minimum atomic E-state index is 0.428. The number of nitrogens with zero attached hydrogens (tertiary/aromatic N) is 4. The molecule has 0 bridgehead atoms. The quantitative estimate of drug-likeness (QED) is 0.588. The first kappa shape index (κ1) is 22.1. The second-order valence-electron chi connectivity index (χ2n) is 7.47. The molecule has 154 valence electrons. The van der Waals surface area contributed by atoms with Crippen LogP contribution in [-0.4, -0.2) is 59.2 Å². The Balaban J connectivity index is 2.01. The monoisotopic (exact) mass is 386 g/mol. The molecule has 0 aliphatic carbocycles. The first-order valence-corrected chi connectivity index (χ1v) is 9.91. The Morgan fingerprint density at radius 1 is 0.714 bits per heavy atom. The summed E-state index contributed by atoms with van der Waals surface area (Å²) in [5.74, 6) is 1.32. The van der Waals surface area contributed by atoms with Gasteiger partial charge in [-0.2, -0.15) is 0 Å². The molecular weight excluding hydrogens is 352 g/mol. The maximum Gasteiger partial charge on any atom is 0.213 e. The molecule has 6 heteroatoms. The zero-order chi connectivity index (χ0) is 20.5. The molecule has 2 rings (SSSR count). The summed E-state index contributed by atoms with van der Waals surface area (Å²) in [6.45, 7) is 12.4. The summed E-state index contributed by atoms with van der Waals surface area (Å²) in [6, 6.07) is 12.7. The summed E-state index contributed by atoms with van der Waals surface area (Å²) in [6.07, 6.45) is 0. The lowest BCUT2D eigenvalue weighted by molar-refractivity contribution is 0.142. The number of rotatable bonds is 11. The Kier molecular flexibility index (Phi) is 8.67. The van der Waals surface area contributed by atoms with Gasteiger partial charge in [0.25, 0.3) is 0 Å². The van der Waals surface area contributed by atoms with E-state index in [2.05, 4.69) is 59.6 Å². The van der Waals surface area contributed by atoms with Crippen molar-refractivity contribution < 1.29 is 9.47 Å². The zero-order valence-corrected chi connectivity index (χ0v) is 18.1. The maximum atomic E-state index is 5.26. The lowest BCUT2D eigenvalue weighted by atomic mass is 10.2. The van der Waals surface area contributed by atoms with E-state index in [4.69, 9.17) is 9.47 Å². The summed E-state index contributed by atoms with van der Waals surface area (Å²) in [5, 5.41) is 0. The average molecular weight is 387 g/mol. The van der Waals surface area contributed by atoms with Gasteiger partial charge in [0, 0.05) is 50.4 Å². The minimum absolute atomic E-state index is 0.428. The van der Waals surface area contributed by atoms with Crippen molar-refractivity contribution in [3.05, 3.63) is 47.8 Å². The van der Waals surface area contributed by atoms with Gasteiger partial charge < -0.3 is 9.47 Å². The van der Waals surface area contributed by atoms with Gasteiger partial charge >= 0.3 is 0 Å². The normalized spacial score (nSPS) is 11.6. The van der Waals surface area contributed by atoms with Crippen molar-refractivity contribution in [1.29, 1.82) is 0 Å². The number of hydrogen-bond acceptors (Lipinski definition) is 6. The van der Waals surface area contributed by atoms with Gasteiger partial charge in [-0.25, -0.2) is 9.97 Å². The molecular formula is C22H34N4O2. The van der Waals surface area contributed by atoms with Gasteiger partial charge in [-0.05, 0) is 39.8 Å². The van der Waals surface area contributed by atoms with E-state index in [1.54, 1.807) is 14.2 Å². The van der Waals surface area contributed by atoms with Crippen LogP contribution in [0.25, 0.3) is 0 Å². The summed E-state index contributed by atoms with van der Waals surface area (Å²) in [4.78, 5) is 14.0. The van der Waals surface area contributed by atoms with Crippen LogP contribution in [0.2, 0.25) is 0 Å². The largest absolute Gasteiger partial charge is 0.481 e. The summed E-state index contributed by atoms with van der Waals surface area (Å²) < 4.78 is 10.5. The van der Waals surface area contributed by atoms with E-state index >= 15 is 0 Å². The third-order valence-corrected chi connectivity index (χ3v) is 4.85. The molecule has 0 aliphatic rings. The van der Waals surface area contributed by atoms with Crippen molar-refractivity contribution in [3.63, 3.8) is 0 Å². The molecule has 0 radical (unpaired) electrons. The summed E-state index contributed by atoms with van der Waals surface area (Å²) >= 11 is 0. The highest BCUT2D eigenvalue weighted by atomic mass is 16.5. The van der Waals surface area contributed by atoms with Crippen LogP contribution in [-0.2, 0) is 13.1 Å². The number of ether oxygens (including phenoxy) is 2. The lowest BCUT2D eigenvalue weighted by Crippen LogP contribution is -2.41. The average Bonchev–Trinajstić information content (AvgIpc) is 2.69. The van der Waals surface area contributed by atoms with Crippen molar-refractivity contribution in [2.45, 2.75) is 52.9 Å². The molecule has 0 aromatic carbocycles. The predicted octanol–water partition coefficient (Wildman–Crippen LogP) is 3.61. The van der Waals surface area contributed by atoms with E-state index in [-0.39, 0.29) is 0 Å². The number of aromatic nitrogens is 2. The molecule has 2 aromatic rings. The molecule has 0 fully saturated rings. The number of hydrogen-bond donors (Lipinski definition) is 0. The van der Waals surface area contributed by atoms with Crippen LogP contribution in [0.15, 0.2) is 36.4 Å². The zero-order valence-electron chi connectivity index (χ0n) is 18.1. The van der Waals surface area contributed by atoms with Crippen molar-refractivity contribution in [2.75, 3.05) is 27.3 Å². The Bertz CT molecular complexity index is 660. The minimum Gasteiger partial charge on any atom is -0.481 e. The van der Waals surface area contributed by atoms with Gasteiger partial charge in [-0.1, -0.05) is 12.1 Å². The van der Waals surface area contributed by atoms with E-state index in [9.17, 15) is 0 Å². The highest BCUT2D eigenvalue weighted by Gasteiger charge is 2.16. The summed E-state index contributed by atoms with van der Waals surface area (Å²) in [7, 11) is 3.30. The van der Waals surface area contributed by atoms with Crippen LogP contribution in [0.5, 0.6) is 11.8 Å². The molecule has 0 unspecified atom stereocenters. The Labute approximate surface area is 169 Å². The topological polar surface area (TPSA) is 50.7 Å². The Morgan fingerprint density at radius 3 is 1.43 bits per heavy atom. The fourth-order valence-electron chi connectivity index (χ4n) is 3.03. The van der Waals surface area contributed by atoms with Gasteiger partial charge in [0.1, 0.15) is 0 Å². The summed E-state index contributed by atoms with van der Waals surface area (Å²) in [5.41, 5.74) is 2.05. The van der Waals surface area contributed by atoms with Crippen molar-refractivity contribution >= 4 is 0 Å². The van der Waals surface area contributed by atoms with Gasteiger partial charge in [0.15, 0.2) is 0 Å². The van der Waals surface area contributed by atoms with E-state index in [1.165, 1.54) is 0 Å². The van der Waals surface area contributed by atoms with Gasteiger partial charge in [0.05, 0.1) is 25.6 Å². The lowest BCUT2D eigenvalue weighted by Gasteiger charge is -2.32. The molecule has 2 heterocycles. The van der Waals surface area contributed by atoms with Crippen molar-refractivity contribution in [2.24, 2.45) is 0 Å². The van der Waals surface area contributed by atoms with Crippen molar-refractivity contribution in [1.82, 2.24) is 19.8 Å². The van der Waals surface area contributed by atoms with Crippen LogP contribution in [0.1, 0.15) is 39.1 Å². The predicted molar refractivity (Wildman–Crippen MR) is 113 cm³/mol. The van der Waals surface area contributed by atoms with Crippen LogP contribution in [0, 0.1) is 0 Å². The van der Waals surface area contributed by atoms with Gasteiger partial charge in [-0.3, -0.25) is 9.80 Å². The molecule has 0 aliphatic heterocycles. The Hall–Kier alpha value is -2.18. The Morgan fingerprint density at radius 2 is 1.11 bits per heavy atom. The van der Waals surface area contributed by atoms with E-state index in [0.29, 0.717) is 23.8 Å².